The summed E-state index contributed by atoms with van der Waals surface area (Å²) in [7, 11) is -2.73. The maximum absolute atomic E-state index is 13.3. The number of aromatic nitrogens is 2. The van der Waals surface area contributed by atoms with Crippen LogP contribution in [0.15, 0.2) is 54.7 Å². The summed E-state index contributed by atoms with van der Waals surface area (Å²) in [5.41, 5.74) is 3.65. The number of hydrogen-bond donors (Lipinski definition) is 3. The quantitative estimate of drug-likeness (QED) is 0.451. The summed E-state index contributed by atoms with van der Waals surface area (Å²) >= 11 is 0. The van der Waals surface area contributed by atoms with Gasteiger partial charge in [0.15, 0.2) is 0 Å². The van der Waals surface area contributed by atoms with Crippen LogP contribution in [0.1, 0.15) is 30.4 Å². The maximum atomic E-state index is 13.3. The molecule has 0 spiro atoms. The van der Waals surface area contributed by atoms with E-state index in [9.17, 15) is 13.8 Å². The van der Waals surface area contributed by atoms with Crippen LogP contribution in [0.25, 0.3) is 11.3 Å². The van der Waals surface area contributed by atoms with Gasteiger partial charge in [0.1, 0.15) is 5.82 Å². The normalized spacial score (nSPS) is 12.5. The third-order valence-corrected chi connectivity index (χ3v) is 5.21. The molecule has 0 saturated heterocycles. The standard InChI is InChI=1S/C21H23FN3O5P/c1-14(19-12-23-25(2)21(19)16-5-7-17(22)8-6-16)11-20(26)24-18-9-3-15(4-10-18)13-30-31(27,28)29/h3-10,12,14H,11,13H2,1-2H3,(H,24,26)(H2,27,28,29). The Morgan fingerprint density at radius 3 is 2.45 bits per heavy atom. The minimum atomic E-state index is -4.53. The van der Waals surface area contributed by atoms with Gasteiger partial charge in [-0.1, -0.05) is 19.1 Å². The number of nitrogens with zero attached hydrogens (tertiary/aromatic N) is 2. The summed E-state index contributed by atoms with van der Waals surface area (Å²) in [6, 6.07) is 12.6. The number of aryl methyl sites for hydroxylation is 1. The number of hydrogen-bond acceptors (Lipinski definition) is 4. The number of benzene rings is 2. The third-order valence-electron chi connectivity index (χ3n) is 4.74. The monoisotopic (exact) mass is 447 g/mol. The molecule has 31 heavy (non-hydrogen) atoms. The van der Waals surface area contributed by atoms with Crippen molar-refractivity contribution in [1.29, 1.82) is 0 Å². The van der Waals surface area contributed by atoms with Crippen molar-refractivity contribution in [3.8, 4) is 11.3 Å². The van der Waals surface area contributed by atoms with Crippen LogP contribution < -0.4 is 5.32 Å². The SMILES string of the molecule is CC(CC(=O)Nc1ccc(COP(=O)(O)O)cc1)c1cnn(C)c1-c1ccc(F)cc1. The summed E-state index contributed by atoms with van der Waals surface area (Å²) in [6.07, 6.45) is 1.93. The Balaban J connectivity index is 1.64. The van der Waals surface area contributed by atoms with Crippen molar-refractivity contribution >= 4 is 19.4 Å². The number of phosphoric acid groups is 1. The van der Waals surface area contributed by atoms with E-state index in [2.05, 4.69) is 14.9 Å². The van der Waals surface area contributed by atoms with Gasteiger partial charge in [0.2, 0.25) is 5.91 Å². The Bertz CT molecular complexity index is 1090. The van der Waals surface area contributed by atoms with Crippen molar-refractivity contribution in [2.24, 2.45) is 7.05 Å². The second kappa shape index (κ2) is 9.53. The fourth-order valence-corrected chi connectivity index (χ4v) is 3.54. The predicted molar refractivity (Wildman–Crippen MR) is 114 cm³/mol. The second-order valence-electron chi connectivity index (χ2n) is 7.19. The lowest BCUT2D eigenvalue weighted by Gasteiger charge is -2.14. The van der Waals surface area contributed by atoms with Crippen LogP contribution >= 0.6 is 7.82 Å². The lowest BCUT2D eigenvalue weighted by atomic mass is 9.95. The number of phosphoric ester groups is 1. The first-order chi connectivity index (χ1) is 14.6. The lowest BCUT2D eigenvalue weighted by molar-refractivity contribution is -0.116. The van der Waals surface area contributed by atoms with Crippen LogP contribution in [0, 0.1) is 5.82 Å². The Morgan fingerprint density at radius 2 is 1.84 bits per heavy atom. The van der Waals surface area contributed by atoms with Gasteiger partial charge in [-0.25, -0.2) is 8.96 Å². The highest BCUT2D eigenvalue weighted by atomic mass is 31.2. The van der Waals surface area contributed by atoms with Crippen molar-refractivity contribution in [2.45, 2.75) is 25.9 Å². The van der Waals surface area contributed by atoms with Crippen LogP contribution in [0.4, 0.5) is 10.1 Å². The largest absolute Gasteiger partial charge is 0.469 e. The van der Waals surface area contributed by atoms with E-state index in [-0.39, 0.29) is 30.7 Å². The zero-order chi connectivity index (χ0) is 22.6. The molecule has 0 aliphatic heterocycles. The number of carbonyl (C=O) groups is 1. The van der Waals surface area contributed by atoms with Crippen molar-refractivity contribution in [3.63, 3.8) is 0 Å². The Morgan fingerprint density at radius 1 is 1.19 bits per heavy atom. The van der Waals surface area contributed by atoms with E-state index in [4.69, 9.17) is 9.79 Å². The average molecular weight is 447 g/mol. The molecule has 2 aromatic carbocycles. The highest BCUT2D eigenvalue weighted by molar-refractivity contribution is 7.46. The number of carbonyl (C=O) groups excluding carboxylic acids is 1. The van der Waals surface area contributed by atoms with E-state index >= 15 is 0 Å². The van der Waals surface area contributed by atoms with E-state index in [1.165, 1.54) is 12.1 Å². The zero-order valence-electron chi connectivity index (χ0n) is 17.0. The molecule has 0 radical (unpaired) electrons. The first kappa shape index (κ1) is 22.8. The van der Waals surface area contributed by atoms with Crippen LogP contribution in [-0.2, 0) is 27.5 Å². The van der Waals surface area contributed by atoms with Gasteiger partial charge in [-0.2, -0.15) is 5.10 Å². The molecule has 8 nitrogen and oxygen atoms in total. The Hall–Kier alpha value is -2.84. The molecule has 10 heteroatoms. The molecule has 0 fully saturated rings. The molecule has 3 aromatic rings. The molecule has 3 rings (SSSR count). The van der Waals surface area contributed by atoms with E-state index in [0.29, 0.717) is 11.3 Å². The average Bonchev–Trinajstić information content (AvgIpc) is 3.09. The molecule has 1 aromatic heterocycles. The molecule has 1 unspecified atom stereocenters. The summed E-state index contributed by atoms with van der Waals surface area (Å²) < 4.78 is 30.2. The molecule has 164 valence electrons. The van der Waals surface area contributed by atoms with E-state index in [0.717, 1.165) is 16.8 Å². The van der Waals surface area contributed by atoms with Gasteiger partial charge in [0.25, 0.3) is 0 Å². The summed E-state index contributed by atoms with van der Waals surface area (Å²) in [4.78, 5) is 30.0. The predicted octanol–water partition coefficient (Wildman–Crippen LogP) is 3.97. The highest BCUT2D eigenvalue weighted by Crippen LogP contribution is 2.37. The molecular formula is C21H23FN3O5P. The van der Waals surface area contributed by atoms with E-state index in [1.807, 2.05) is 6.92 Å². The topological polar surface area (TPSA) is 114 Å². The van der Waals surface area contributed by atoms with Crippen LogP contribution in [0.5, 0.6) is 0 Å². The van der Waals surface area contributed by atoms with Crippen molar-refractivity contribution in [3.05, 3.63) is 71.7 Å². The molecule has 0 aliphatic carbocycles. The molecule has 0 bridgehead atoms. The number of nitrogens with one attached hydrogen (secondary N) is 1. The van der Waals surface area contributed by atoms with Crippen LogP contribution in [-0.4, -0.2) is 25.5 Å². The number of rotatable bonds is 8. The first-order valence-corrected chi connectivity index (χ1v) is 11.0. The van der Waals surface area contributed by atoms with E-state index in [1.54, 1.807) is 54.3 Å². The molecular weight excluding hydrogens is 424 g/mol. The molecule has 0 saturated carbocycles. The highest BCUT2D eigenvalue weighted by Gasteiger charge is 2.19. The smallest absolute Gasteiger partial charge is 0.326 e. The zero-order valence-corrected chi connectivity index (χ0v) is 17.9. The van der Waals surface area contributed by atoms with Gasteiger partial charge in [0.05, 0.1) is 18.5 Å². The van der Waals surface area contributed by atoms with Crippen molar-refractivity contribution in [1.82, 2.24) is 9.78 Å². The third kappa shape index (κ3) is 6.32. The van der Waals surface area contributed by atoms with Crippen molar-refractivity contribution < 1.29 is 28.1 Å². The van der Waals surface area contributed by atoms with Crippen LogP contribution in [0.3, 0.4) is 0 Å². The molecule has 0 aliphatic rings. The van der Waals surface area contributed by atoms with Crippen molar-refractivity contribution in [2.75, 3.05) is 5.32 Å². The van der Waals surface area contributed by atoms with Gasteiger partial charge < -0.3 is 15.1 Å². The molecule has 1 atom stereocenters. The molecule has 3 N–H and O–H groups in total. The maximum Gasteiger partial charge on any atom is 0.469 e. The minimum absolute atomic E-state index is 0.135. The number of halogens is 1. The van der Waals surface area contributed by atoms with Gasteiger partial charge in [-0.3, -0.25) is 14.0 Å². The number of anilines is 1. The molecule has 1 heterocycles. The lowest BCUT2D eigenvalue weighted by Crippen LogP contribution is -2.14. The van der Waals surface area contributed by atoms with Gasteiger partial charge >= 0.3 is 7.82 Å². The second-order valence-corrected chi connectivity index (χ2v) is 8.43. The fourth-order valence-electron chi connectivity index (χ4n) is 3.22. The van der Waals surface area contributed by atoms with E-state index < -0.39 is 7.82 Å². The van der Waals surface area contributed by atoms with Gasteiger partial charge in [-0.05, 0) is 47.9 Å². The first-order valence-electron chi connectivity index (χ1n) is 9.49. The van der Waals surface area contributed by atoms with Gasteiger partial charge in [0, 0.05) is 30.3 Å². The van der Waals surface area contributed by atoms with Crippen LogP contribution in [0.2, 0.25) is 0 Å². The summed E-state index contributed by atoms with van der Waals surface area (Å²) in [6.45, 7) is 1.69. The Kier molecular flexibility index (Phi) is 7.02. The summed E-state index contributed by atoms with van der Waals surface area (Å²) in [5.74, 6) is -0.649. The fraction of sp³-hybridized carbons (Fsp3) is 0.238. The van der Waals surface area contributed by atoms with Gasteiger partial charge in [-0.15, -0.1) is 0 Å². The summed E-state index contributed by atoms with van der Waals surface area (Å²) in [5, 5.41) is 7.10. The molecule has 1 amide bonds. The Labute approximate surface area is 178 Å². The minimum Gasteiger partial charge on any atom is -0.326 e. The number of amides is 1.